The van der Waals surface area contributed by atoms with Gasteiger partial charge in [-0.15, -0.1) is 11.8 Å². The van der Waals surface area contributed by atoms with Crippen molar-refractivity contribution >= 4 is 35.2 Å². The highest BCUT2D eigenvalue weighted by atomic mass is 32.2. The lowest BCUT2D eigenvalue weighted by Crippen LogP contribution is -2.67. The van der Waals surface area contributed by atoms with Crippen molar-refractivity contribution in [3.63, 3.8) is 0 Å². The van der Waals surface area contributed by atoms with Gasteiger partial charge >= 0.3 is 5.97 Å². The number of anilines is 1. The van der Waals surface area contributed by atoms with E-state index in [1.165, 1.54) is 35.7 Å². The predicted molar refractivity (Wildman–Crippen MR) is 99.6 cm³/mol. The van der Waals surface area contributed by atoms with E-state index in [2.05, 4.69) is 0 Å². The van der Waals surface area contributed by atoms with Crippen molar-refractivity contribution in [3.8, 4) is 5.75 Å². The van der Waals surface area contributed by atoms with Gasteiger partial charge in [-0.3, -0.25) is 9.59 Å². The van der Waals surface area contributed by atoms with E-state index in [0.29, 0.717) is 11.4 Å². The SMILES string of the molecule is COc1ccc(N(C)C(=O)[C@@H](O)[C@@H]2C(=O)N3[C@@H]2SC(C)(C)[C@@H]3C(=O)O)cc1. The number of β-lactam (4-membered cyclic amide) rings is 1. The summed E-state index contributed by atoms with van der Waals surface area (Å²) in [6.07, 6.45) is -1.54. The maximum Gasteiger partial charge on any atom is 0.327 e. The molecule has 1 aromatic rings. The summed E-state index contributed by atoms with van der Waals surface area (Å²) in [4.78, 5) is 39.3. The van der Waals surface area contributed by atoms with Gasteiger partial charge in [0, 0.05) is 17.5 Å². The van der Waals surface area contributed by atoms with Crippen LogP contribution >= 0.6 is 11.8 Å². The summed E-state index contributed by atoms with van der Waals surface area (Å²) in [6.45, 7) is 3.49. The van der Waals surface area contributed by atoms with Gasteiger partial charge in [0.1, 0.15) is 23.8 Å². The monoisotopic (exact) mass is 394 g/mol. The number of carboxylic acids is 1. The fraction of sp³-hybridized carbons (Fsp3) is 0.500. The number of fused-ring (bicyclic) bond motifs is 1. The molecule has 4 atom stereocenters. The van der Waals surface area contributed by atoms with Gasteiger partial charge < -0.3 is 24.7 Å². The summed E-state index contributed by atoms with van der Waals surface area (Å²) >= 11 is 1.30. The molecule has 8 nitrogen and oxygen atoms in total. The lowest BCUT2D eigenvalue weighted by molar-refractivity contribution is -0.170. The molecule has 1 aromatic carbocycles. The number of carboxylic acid groups (broad SMARTS) is 1. The smallest absolute Gasteiger partial charge is 0.327 e. The van der Waals surface area contributed by atoms with E-state index in [1.54, 1.807) is 38.1 Å². The number of amides is 2. The summed E-state index contributed by atoms with van der Waals surface area (Å²) in [5.41, 5.74) is 0.547. The van der Waals surface area contributed by atoms with Crippen molar-refractivity contribution in [2.75, 3.05) is 19.1 Å². The van der Waals surface area contributed by atoms with Crippen LogP contribution in [0.5, 0.6) is 5.75 Å². The first kappa shape index (κ1) is 19.5. The molecule has 3 rings (SSSR count). The van der Waals surface area contributed by atoms with Crippen LogP contribution < -0.4 is 9.64 Å². The van der Waals surface area contributed by atoms with Gasteiger partial charge in [-0.25, -0.2) is 4.79 Å². The first-order valence-corrected chi connectivity index (χ1v) is 9.30. The molecule has 0 saturated carbocycles. The van der Waals surface area contributed by atoms with Crippen LogP contribution in [-0.4, -0.2) is 69.3 Å². The molecule has 27 heavy (non-hydrogen) atoms. The second-order valence-corrected chi connectivity index (χ2v) is 8.93. The van der Waals surface area contributed by atoms with Crippen molar-refractivity contribution in [2.24, 2.45) is 5.92 Å². The number of hydrogen-bond acceptors (Lipinski definition) is 6. The predicted octanol–water partition coefficient (Wildman–Crippen LogP) is 0.782. The summed E-state index contributed by atoms with van der Waals surface area (Å²) in [6, 6.07) is 5.75. The molecule has 2 amide bonds. The Morgan fingerprint density at radius 1 is 1.30 bits per heavy atom. The maximum absolute atomic E-state index is 12.7. The number of rotatable bonds is 5. The number of carbonyl (C=O) groups is 3. The molecule has 2 N–H and O–H groups in total. The van der Waals surface area contributed by atoms with Gasteiger partial charge in [-0.1, -0.05) is 0 Å². The zero-order valence-electron chi connectivity index (χ0n) is 15.4. The summed E-state index contributed by atoms with van der Waals surface area (Å²) in [7, 11) is 3.05. The molecule has 2 heterocycles. The molecular formula is C18H22N2O6S. The van der Waals surface area contributed by atoms with Crippen LogP contribution in [0.15, 0.2) is 24.3 Å². The van der Waals surface area contributed by atoms with Crippen LogP contribution in [0.1, 0.15) is 13.8 Å². The molecule has 9 heteroatoms. The van der Waals surface area contributed by atoms with E-state index in [1.807, 2.05) is 0 Å². The molecule has 2 aliphatic heterocycles. The van der Waals surface area contributed by atoms with Gasteiger partial charge in [-0.05, 0) is 38.1 Å². The highest BCUT2D eigenvalue weighted by Gasteiger charge is 2.66. The Labute approximate surface area is 161 Å². The summed E-state index contributed by atoms with van der Waals surface area (Å²) < 4.78 is 4.38. The number of nitrogens with zero attached hydrogens (tertiary/aromatic N) is 2. The van der Waals surface area contributed by atoms with Crippen LogP contribution in [-0.2, 0) is 14.4 Å². The minimum Gasteiger partial charge on any atom is -0.497 e. The van der Waals surface area contributed by atoms with Crippen LogP contribution in [0, 0.1) is 5.92 Å². The normalized spacial score (nSPS) is 26.8. The molecule has 2 fully saturated rings. The molecule has 0 spiro atoms. The third kappa shape index (κ3) is 3.04. The van der Waals surface area contributed by atoms with Gasteiger partial charge in [0.25, 0.3) is 5.91 Å². The van der Waals surface area contributed by atoms with Gasteiger partial charge in [0.05, 0.1) is 12.5 Å². The molecule has 2 saturated heterocycles. The number of aliphatic hydroxyl groups excluding tert-OH is 1. The van der Waals surface area contributed by atoms with Gasteiger partial charge in [0.2, 0.25) is 5.91 Å². The van der Waals surface area contributed by atoms with E-state index in [9.17, 15) is 24.6 Å². The lowest BCUT2D eigenvalue weighted by atomic mass is 9.87. The minimum absolute atomic E-state index is 0.505. The molecule has 0 bridgehead atoms. The average molecular weight is 394 g/mol. The number of methoxy groups -OCH3 is 1. The fourth-order valence-corrected chi connectivity index (χ4v) is 5.33. The number of thioether (sulfide) groups is 1. The molecule has 2 aliphatic rings. The average Bonchev–Trinajstić information content (AvgIpc) is 2.88. The van der Waals surface area contributed by atoms with Crippen molar-refractivity contribution in [2.45, 2.75) is 36.1 Å². The maximum atomic E-state index is 12.7. The van der Waals surface area contributed by atoms with Crippen LogP contribution in [0.3, 0.4) is 0 Å². The zero-order valence-corrected chi connectivity index (χ0v) is 16.3. The van der Waals surface area contributed by atoms with E-state index in [0.717, 1.165) is 0 Å². The Hall–Kier alpha value is -2.26. The van der Waals surface area contributed by atoms with Crippen LogP contribution in [0.25, 0.3) is 0 Å². The second kappa shape index (κ2) is 6.72. The number of aliphatic carboxylic acids is 1. The highest BCUT2D eigenvalue weighted by molar-refractivity contribution is 8.01. The Morgan fingerprint density at radius 3 is 2.41 bits per heavy atom. The number of hydrogen-bond donors (Lipinski definition) is 2. The lowest BCUT2D eigenvalue weighted by Gasteiger charge is -2.45. The second-order valence-electron chi connectivity index (χ2n) is 7.16. The third-order valence-electron chi connectivity index (χ3n) is 5.10. The Morgan fingerprint density at radius 2 is 1.89 bits per heavy atom. The number of aliphatic hydroxyl groups is 1. The quantitative estimate of drug-likeness (QED) is 0.711. The van der Waals surface area contributed by atoms with Crippen LogP contribution in [0.2, 0.25) is 0 Å². The number of benzene rings is 1. The minimum atomic E-state index is -1.54. The first-order chi connectivity index (χ1) is 12.6. The van der Waals surface area contributed by atoms with Crippen molar-refractivity contribution in [1.82, 2.24) is 4.90 Å². The fourth-order valence-electron chi connectivity index (χ4n) is 3.62. The molecule has 0 aromatic heterocycles. The largest absolute Gasteiger partial charge is 0.497 e. The van der Waals surface area contributed by atoms with E-state index >= 15 is 0 Å². The van der Waals surface area contributed by atoms with Crippen molar-refractivity contribution in [3.05, 3.63) is 24.3 Å². The van der Waals surface area contributed by atoms with Crippen LogP contribution in [0.4, 0.5) is 5.69 Å². The van der Waals surface area contributed by atoms with Gasteiger partial charge in [-0.2, -0.15) is 0 Å². The molecular weight excluding hydrogens is 372 g/mol. The summed E-state index contributed by atoms with van der Waals surface area (Å²) in [5.74, 6) is -2.52. The Balaban J connectivity index is 1.76. The standard InChI is InChI=1S/C18H22N2O6S/c1-18(2)13(17(24)25)20-14(22)11(16(20)27-18)12(21)15(23)19(3)9-5-7-10(26-4)8-6-9/h5-8,11-13,16,21H,1-4H3,(H,24,25)/t11-,12+,13+,16-/m1/s1. The number of ether oxygens (including phenoxy) is 1. The number of likely N-dealkylation sites (N-methyl/N-ethyl adjacent to an activating group) is 1. The molecule has 0 radical (unpaired) electrons. The van der Waals surface area contributed by atoms with Crippen molar-refractivity contribution in [1.29, 1.82) is 0 Å². The topological polar surface area (TPSA) is 107 Å². The highest BCUT2D eigenvalue weighted by Crippen LogP contribution is 2.54. The third-order valence-corrected chi connectivity index (χ3v) is 6.69. The summed E-state index contributed by atoms with van der Waals surface area (Å²) in [5, 5.41) is 19.5. The van der Waals surface area contributed by atoms with Gasteiger partial charge in [0.15, 0.2) is 0 Å². The van der Waals surface area contributed by atoms with E-state index in [4.69, 9.17) is 4.74 Å². The zero-order chi connectivity index (χ0) is 20.1. The Kier molecular flexibility index (Phi) is 4.85. The first-order valence-electron chi connectivity index (χ1n) is 8.42. The van der Waals surface area contributed by atoms with E-state index in [-0.39, 0.29) is 0 Å². The molecule has 0 aliphatic carbocycles. The molecule has 0 unspecified atom stereocenters. The number of carbonyl (C=O) groups excluding carboxylic acids is 2. The Bertz CT molecular complexity index is 781. The molecule has 146 valence electrons. The van der Waals surface area contributed by atoms with E-state index < -0.39 is 46.0 Å². The van der Waals surface area contributed by atoms with Crippen molar-refractivity contribution < 1.29 is 29.3 Å².